The molecular formula is C26H32F2N6O. The Morgan fingerprint density at radius 3 is 2.49 bits per heavy atom. The van der Waals surface area contributed by atoms with Crippen LogP contribution in [0.1, 0.15) is 32.3 Å². The Balaban J connectivity index is 1.34. The predicted octanol–water partition coefficient (Wildman–Crippen LogP) is 4.01. The number of benzene rings is 2. The van der Waals surface area contributed by atoms with Crippen LogP contribution >= 0.6 is 0 Å². The molecule has 0 atom stereocenters. The predicted molar refractivity (Wildman–Crippen MR) is 136 cm³/mol. The summed E-state index contributed by atoms with van der Waals surface area (Å²) in [7, 11) is 0. The number of nitrogens with zero attached hydrogens (tertiary/aromatic N) is 4. The summed E-state index contributed by atoms with van der Waals surface area (Å²) >= 11 is 0. The maximum Gasteiger partial charge on any atom is 0.221 e. The van der Waals surface area contributed by atoms with Crippen molar-refractivity contribution in [3.8, 4) is 0 Å². The number of rotatable bonds is 5. The summed E-state index contributed by atoms with van der Waals surface area (Å²) in [6.07, 6.45) is 3.49. The van der Waals surface area contributed by atoms with Crippen LogP contribution in [0.5, 0.6) is 0 Å². The molecule has 2 aromatic carbocycles. The van der Waals surface area contributed by atoms with Crippen molar-refractivity contribution in [2.75, 3.05) is 43.1 Å². The van der Waals surface area contributed by atoms with Crippen LogP contribution in [0, 0.1) is 11.6 Å². The third kappa shape index (κ3) is 4.88. The monoisotopic (exact) mass is 482 g/mol. The minimum Gasteiger partial charge on any atom is -0.378 e. The zero-order chi connectivity index (χ0) is 24.6. The Hall–Kier alpha value is -3.04. The number of piperidine rings is 1. The number of nitrogens with two attached hydrogens (primary N) is 1. The number of fused-ring (bicyclic) bond motifs is 2. The van der Waals surface area contributed by atoms with Crippen LogP contribution in [0.4, 0.5) is 25.8 Å². The Bertz CT molecular complexity index is 1120. The molecule has 0 saturated carbocycles. The molecule has 0 aliphatic carbocycles. The van der Waals surface area contributed by atoms with E-state index in [1.165, 1.54) is 29.7 Å². The summed E-state index contributed by atoms with van der Waals surface area (Å²) in [5.74, 6) is -1.28. The largest absolute Gasteiger partial charge is 0.378 e. The number of anilines is 2. The highest BCUT2D eigenvalue weighted by molar-refractivity contribution is 5.91. The number of guanidine groups is 1. The van der Waals surface area contributed by atoms with Gasteiger partial charge in [-0.05, 0) is 75.7 Å². The Morgan fingerprint density at radius 2 is 1.86 bits per heavy atom. The van der Waals surface area contributed by atoms with Gasteiger partial charge in [0.05, 0.1) is 31.3 Å². The number of halogens is 2. The van der Waals surface area contributed by atoms with Gasteiger partial charge in [-0.1, -0.05) is 0 Å². The number of likely N-dealkylation sites (tertiary alicyclic amines) is 1. The highest BCUT2D eigenvalue weighted by Gasteiger charge is 2.46. The maximum atomic E-state index is 13.3. The van der Waals surface area contributed by atoms with Gasteiger partial charge in [-0.25, -0.2) is 18.8 Å². The molecule has 0 unspecified atom stereocenters. The van der Waals surface area contributed by atoms with Gasteiger partial charge in [-0.2, -0.15) is 0 Å². The topological polar surface area (TPSA) is 78.5 Å². The normalized spacial score (nSPS) is 20.6. The minimum atomic E-state index is -0.670. The maximum absolute atomic E-state index is 13.3. The highest BCUT2D eigenvalue weighted by Crippen LogP contribution is 2.49. The van der Waals surface area contributed by atoms with Crippen molar-refractivity contribution in [3.63, 3.8) is 0 Å². The van der Waals surface area contributed by atoms with Crippen LogP contribution in [0.3, 0.4) is 0 Å². The first kappa shape index (κ1) is 23.7. The first-order valence-corrected chi connectivity index (χ1v) is 12.2. The number of hydrogen-bond acceptors (Lipinski definition) is 4. The van der Waals surface area contributed by atoms with Crippen LogP contribution in [0.25, 0.3) is 0 Å². The third-order valence-corrected chi connectivity index (χ3v) is 7.38. The minimum absolute atomic E-state index is 0.0573. The van der Waals surface area contributed by atoms with Gasteiger partial charge in [0.2, 0.25) is 5.96 Å². The van der Waals surface area contributed by atoms with Crippen molar-refractivity contribution in [1.82, 2.24) is 4.90 Å². The second-order valence-electron chi connectivity index (χ2n) is 9.96. The van der Waals surface area contributed by atoms with Gasteiger partial charge in [0.15, 0.2) is 0 Å². The van der Waals surface area contributed by atoms with Crippen LogP contribution in [0.2, 0.25) is 0 Å². The fourth-order valence-electron chi connectivity index (χ4n) is 5.38. The Labute approximate surface area is 204 Å². The summed E-state index contributed by atoms with van der Waals surface area (Å²) in [4.78, 5) is 13.6. The van der Waals surface area contributed by atoms with Crippen molar-refractivity contribution >= 4 is 29.4 Å². The van der Waals surface area contributed by atoms with E-state index < -0.39 is 11.6 Å². The molecule has 3 N–H and O–H groups in total. The fraction of sp³-hybridized carbons (Fsp3) is 0.462. The van der Waals surface area contributed by atoms with E-state index in [2.05, 4.69) is 51.1 Å². The van der Waals surface area contributed by atoms with E-state index in [1.807, 2.05) is 6.07 Å². The Morgan fingerprint density at radius 1 is 1.14 bits per heavy atom. The van der Waals surface area contributed by atoms with Gasteiger partial charge in [-0.3, -0.25) is 4.90 Å². The summed E-state index contributed by atoms with van der Waals surface area (Å²) < 4.78 is 32.1. The molecule has 0 bridgehead atoms. The van der Waals surface area contributed by atoms with E-state index in [4.69, 9.17) is 10.5 Å². The average Bonchev–Trinajstić information content (AvgIpc) is 3.07. The lowest BCUT2D eigenvalue weighted by atomic mass is 9.74. The summed E-state index contributed by atoms with van der Waals surface area (Å²) in [5, 5.41) is 2.72. The zero-order valence-corrected chi connectivity index (χ0v) is 20.2. The molecule has 9 heteroatoms. The highest BCUT2D eigenvalue weighted by atomic mass is 19.1. The van der Waals surface area contributed by atoms with Crippen molar-refractivity contribution in [1.29, 1.82) is 0 Å². The summed E-state index contributed by atoms with van der Waals surface area (Å²) in [6.45, 7) is 9.34. The molecule has 2 saturated heterocycles. The van der Waals surface area contributed by atoms with Crippen molar-refractivity contribution in [2.45, 2.75) is 44.2 Å². The fourth-order valence-corrected chi connectivity index (χ4v) is 5.38. The molecular weight excluding hydrogens is 450 g/mol. The quantitative estimate of drug-likeness (QED) is 0.497. The second-order valence-corrected chi connectivity index (χ2v) is 9.96. The number of ether oxygens (including phenoxy) is 1. The lowest BCUT2D eigenvalue weighted by molar-refractivity contribution is -0.0752. The second kappa shape index (κ2) is 9.54. The van der Waals surface area contributed by atoms with Gasteiger partial charge < -0.3 is 20.7 Å². The van der Waals surface area contributed by atoms with Gasteiger partial charge in [0, 0.05) is 35.4 Å². The first-order chi connectivity index (χ1) is 16.8. The lowest BCUT2D eigenvalue weighted by Crippen LogP contribution is -2.55. The van der Waals surface area contributed by atoms with Gasteiger partial charge in [0.25, 0.3) is 0 Å². The third-order valence-electron chi connectivity index (χ3n) is 7.38. The van der Waals surface area contributed by atoms with Gasteiger partial charge in [0.1, 0.15) is 11.6 Å². The molecule has 2 aromatic rings. The molecule has 0 aromatic heterocycles. The summed E-state index contributed by atoms with van der Waals surface area (Å²) in [5.41, 5.74) is 9.73. The smallest absolute Gasteiger partial charge is 0.221 e. The van der Waals surface area contributed by atoms with Crippen molar-refractivity contribution in [3.05, 3.63) is 53.6 Å². The number of aliphatic imine (C=N–C) groups is 2. The number of nitrogens with one attached hydrogen (secondary N) is 1. The molecule has 3 heterocycles. The molecule has 2 fully saturated rings. The summed E-state index contributed by atoms with van der Waals surface area (Å²) in [6, 6.07) is 10.4. The van der Waals surface area contributed by atoms with Gasteiger partial charge >= 0.3 is 0 Å². The van der Waals surface area contributed by atoms with Crippen LogP contribution in [0.15, 0.2) is 46.4 Å². The molecule has 0 radical (unpaired) electrons. The molecule has 35 heavy (non-hydrogen) atoms. The molecule has 186 valence electrons. The van der Waals surface area contributed by atoms with Crippen LogP contribution < -0.4 is 16.0 Å². The van der Waals surface area contributed by atoms with E-state index >= 15 is 0 Å². The molecule has 0 amide bonds. The molecule has 1 spiro atoms. The zero-order valence-electron chi connectivity index (χ0n) is 20.2. The van der Waals surface area contributed by atoms with Crippen molar-refractivity contribution in [2.24, 2.45) is 15.7 Å². The van der Waals surface area contributed by atoms with Gasteiger partial charge in [-0.15, -0.1) is 0 Å². The molecule has 3 aliphatic rings. The SMILES string of the molecule is CC(C)N1CC2(CCN(C3COC3)CC2)c2cc(N=C(N)/N=C\Nc3cc(F)cc(F)c3)ccc21. The first-order valence-electron chi connectivity index (χ1n) is 12.2. The van der Waals surface area contributed by atoms with Crippen LogP contribution in [-0.4, -0.2) is 62.1 Å². The molecule has 3 aliphatic heterocycles. The van der Waals surface area contributed by atoms with Crippen molar-refractivity contribution < 1.29 is 13.5 Å². The van der Waals surface area contributed by atoms with E-state index in [1.54, 1.807) is 0 Å². The van der Waals surface area contributed by atoms with E-state index in [-0.39, 0.29) is 17.1 Å². The number of hydrogen-bond donors (Lipinski definition) is 2. The van der Waals surface area contributed by atoms with E-state index in [9.17, 15) is 8.78 Å². The standard InChI is InChI=1S/C26H32F2N6O/c1-17(2)34-15-26(5-7-33(8-6-26)22-13-35-14-22)23-12-20(3-4-24(23)34)32-25(29)31-16-30-21-10-18(27)9-19(28)11-21/h3-4,9-12,16-17,22H,5-8,13-15H2,1-2H3,(H3,29,30,31,32). The van der Waals surface area contributed by atoms with Crippen LogP contribution in [-0.2, 0) is 10.2 Å². The van der Waals surface area contributed by atoms with E-state index in [0.29, 0.717) is 12.1 Å². The molecule has 5 rings (SSSR count). The average molecular weight is 483 g/mol. The van der Waals surface area contributed by atoms with E-state index in [0.717, 1.165) is 57.4 Å². The Kier molecular flexibility index (Phi) is 6.46. The lowest BCUT2D eigenvalue weighted by Gasteiger charge is -2.45. The molecule has 7 nitrogen and oxygen atoms in total.